The Morgan fingerprint density at radius 2 is 2.08 bits per heavy atom. The van der Waals surface area contributed by atoms with Crippen LogP contribution in [0, 0.1) is 0 Å². The summed E-state index contributed by atoms with van der Waals surface area (Å²) in [5.74, 6) is 0. The van der Waals surface area contributed by atoms with Crippen LogP contribution in [0.3, 0.4) is 0 Å². The highest BCUT2D eigenvalue weighted by molar-refractivity contribution is 7.75. The van der Waals surface area contributed by atoms with Gasteiger partial charge in [-0.15, -0.1) is 0 Å². The summed E-state index contributed by atoms with van der Waals surface area (Å²) in [5.41, 5.74) is 1.05. The van der Waals surface area contributed by atoms with Gasteiger partial charge in [-0.1, -0.05) is 30.3 Å². The average molecular weight is 198 g/mol. The van der Waals surface area contributed by atoms with Crippen molar-refractivity contribution in [3.05, 3.63) is 35.9 Å². The smallest absolute Gasteiger partial charge is 0.268 e. The molecule has 1 aromatic rings. The van der Waals surface area contributed by atoms with Crippen molar-refractivity contribution in [3.8, 4) is 0 Å². The van der Waals surface area contributed by atoms with Crippen LogP contribution in [-0.4, -0.2) is 10.8 Å². The molecule has 13 heavy (non-hydrogen) atoms. The van der Waals surface area contributed by atoms with Gasteiger partial charge in [0.2, 0.25) is 0 Å². The Labute approximate surface area is 79.5 Å². The van der Waals surface area contributed by atoms with Gasteiger partial charge in [-0.25, -0.2) is 0 Å². The first-order chi connectivity index (χ1) is 6.36. The topological polar surface area (TPSA) is 35.5 Å². The normalized spacial score (nSPS) is 28.6. The minimum atomic E-state index is -1.57. The van der Waals surface area contributed by atoms with Crippen molar-refractivity contribution in [2.75, 3.05) is 6.61 Å². The van der Waals surface area contributed by atoms with E-state index < -0.39 is 11.4 Å². The average Bonchev–Trinajstić information content (AvgIpc) is 2.19. The van der Waals surface area contributed by atoms with Crippen molar-refractivity contribution in [3.63, 3.8) is 0 Å². The summed E-state index contributed by atoms with van der Waals surface area (Å²) < 4.78 is 20.8. The van der Waals surface area contributed by atoms with Crippen molar-refractivity contribution in [2.24, 2.45) is 0 Å². The molecule has 0 aromatic heterocycles. The molecule has 0 bridgehead atoms. The summed E-state index contributed by atoms with van der Waals surface area (Å²) in [5, 5.41) is 0. The van der Waals surface area contributed by atoms with Crippen LogP contribution in [0.4, 0.5) is 0 Å². The molecule has 2 unspecified atom stereocenters. The lowest BCUT2D eigenvalue weighted by Crippen LogP contribution is -2.17. The zero-order valence-corrected chi connectivity index (χ0v) is 7.83. The van der Waals surface area contributed by atoms with E-state index in [1.165, 1.54) is 0 Å². The number of hydrogen-bond donors (Lipinski definition) is 0. The molecule has 0 amide bonds. The SMILES string of the molecule is O=S1OCCC(c2ccccc2)O1. The maximum atomic E-state index is 10.9. The molecule has 70 valence electrons. The van der Waals surface area contributed by atoms with Gasteiger partial charge in [-0.2, -0.15) is 4.21 Å². The summed E-state index contributed by atoms with van der Waals surface area (Å²) in [6.45, 7) is 0.492. The van der Waals surface area contributed by atoms with E-state index in [2.05, 4.69) is 0 Å². The molecule has 1 fully saturated rings. The van der Waals surface area contributed by atoms with E-state index in [1.54, 1.807) is 0 Å². The predicted octanol–water partition coefficient (Wildman–Crippen LogP) is 1.74. The van der Waals surface area contributed by atoms with Gasteiger partial charge in [-0.3, -0.25) is 8.37 Å². The molecule has 0 radical (unpaired) electrons. The van der Waals surface area contributed by atoms with Crippen LogP contribution in [0.5, 0.6) is 0 Å². The quantitative estimate of drug-likeness (QED) is 0.689. The van der Waals surface area contributed by atoms with Gasteiger partial charge in [0.15, 0.2) is 0 Å². The van der Waals surface area contributed by atoms with Gasteiger partial charge >= 0.3 is 11.4 Å². The summed E-state index contributed by atoms with van der Waals surface area (Å²) in [4.78, 5) is 0. The summed E-state index contributed by atoms with van der Waals surface area (Å²) >= 11 is -1.57. The molecule has 1 aliphatic heterocycles. The highest BCUT2D eigenvalue weighted by Crippen LogP contribution is 2.25. The second-order valence-corrected chi connectivity index (χ2v) is 3.65. The van der Waals surface area contributed by atoms with E-state index in [-0.39, 0.29) is 6.10 Å². The molecular formula is C9H10O3S. The Morgan fingerprint density at radius 1 is 1.31 bits per heavy atom. The van der Waals surface area contributed by atoms with Crippen molar-refractivity contribution >= 4 is 11.4 Å². The van der Waals surface area contributed by atoms with Gasteiger partial charge in [0, 0.05) is 6.42 Å². The molecule has 0 spiro atoms. The van der Waals surface area contributed by atoms with Crippen LogP contribution < -0.4 is 0 Å². The Bertz CT molecular complexity index is 299. The van der Waals surface area contributed by atoms with Crippen LogP contribution in [0.2, 0.25) is 0 Å². The highest BCUT2D eigenvalue weighted by Gasteiger charge is 2.21. The zero-order valence-electron chi connectivity index (χ0n) is 7.01. The second kappa shape index (κ2) is 4.00. The van der Waals surface area contributed by atoms with Crippen LogP contribution in [-0.2, 0) is 19.7 Å². The first kappa shape index (κ1) is 8.87. The third-order valence-corrected chi connectivity index (χ3v) is 2.67. The van der Waals surface area contributed by atoms with E-state index in [0.717, 1.165) is 12.0 Å². The summed E-state index contributed by atoms with van der Waals surface area (Å²) in [7, 11) is 0. The molecule has 4 heteroatoms. The van der Waals surface area contributed by atoms with E-state index in [0.29, 0.717) is 6.61 Å². The minimum absolute atomic E-state index is 0.0872. The Balaban J connectivity index is 2.13. The summed E-state index contributed by atoms with van der Waals surface area (Å²) in [6, 6.07) is 9.76. The second-order valence-electron chi connectivity index (χ2n) is 2.81. The lowest BCUT2D eigenvalue weighted by atomic mass is 10.1. The molecular weight excluding hydrogens is 188 g/mol. The van der Waals surface area contributed by atoms with Gasteiger partial charge < -0.3 is 0 Å². The first-order valence-corrected chi connectivity index (χ1v) is 5.13. The molecule has 1 heterocycles. The van der Waals surface area contributed by atoms with Crippen LogP contribution in [0.15, 0.2) is 30.3 Å². The van der Waals surface area contributed by atoms with E-state index in [4.69, 9.17) is 8.37 Å². The monoisotopic (exact) mass is 198 g/mol. The summed E-state index contributed by atoms with van der Waals surface area (Å²) in [6.07, 6.45) is 0.672. The maximum Gasteiger partial charge on any atom is 0.305 e. The van der Waals surface area contributed by atoms with Crippen LogP contribution in [0.1, 0.15) is 18.1 Å². The van der Waals surface area contributed by atoms with Gasteiger partial charge in [-0.05, 0) is 5.56 Å². The van der Waals surface area contributed by atoms with Crippen molar-refractivity contribution in [1.29, 1.82) is 0 Å². The Kier molecular flexibility index (Phi) is 2.73. The molecule has 2 atom stereocenters. The molecule has 0 aliphatic carbocycles. The fourth-order valence-corrected chi connectivity index (χ4v) is 1.97. The zero-order chi connectivity index (χ0) is 9.10. The Morgan fingerprint density at radius 3 is 2.77 bits per heavy atom. The number of hydrogen-bond acceptors (Lipinski definition) is 3. The largest absolute Gasteiger partial charge is 0.305 e. The maximum absolute atomic E-state index is 10.9. The number of rotatable bonds is 1. The minimum Gasteiger partial charge on any atom is -0.268 e. The van der Waals surface area contributed by atoms with E-state index in [9.17, 15) is 4.21 Å². The van der Waals surface area contributed by atoms with Crippen LogP contribution in [0.25, 0.3) is 0 Å². The third-order valence-electron chi connectivity index (χ3n) is 1.93. The lowest BCUT2D eigenvalue weighted by molar-refractivity contribution is 0.113. The van der Waals surface area contributed by atoms with Gasteiger partial charge in [0.25, 0.3) is 0 Å². The third kappa shape index (κ3) is 2.15. The van der Waals surface area contributed by atoms with Crippen molar-refractivity contribution in [1.82, 2.24) is 0 Å². The predicted molar refractivity (Wildman–Crippen MR) is 49.0 cm³/mol. The van der Waals surface area contributed by atoms with Gasteiger partial charge in [0.05, 0.1) is 6.61 Å². The van der Waals surface area contributed by atoms with E-state index in [1.807, 2.05) is 30.3 Å². The molecule has 0 saturated carbocycles. The highest BCUT2D eigenvalue weighted by atomic mass is 32.2. The van der Waals surface area contributed by atoms with Crippen LogP contribution >= 0.6 is 0 Å². The molecule has 1 saturated heterocycles. The molecule has 1 aromatic carbocycles. The van der Waals surface area contributed by atoms with Crippen molar-refractivity contribution < 1.29 is 12.6 Å². The Hall–Kier alpha value is -0.710. The molecule has 0 N–H and O–H groups in total. The molecule has 2 rings (SSSR count). The first-order valence-electron chi connectivity index (χ1n) is 4.13. The number of benzene rings is 1. The fraction of sp³-hybridized carbons (Fsp3) is 0.333. The van der Waals surface area contributed by atoms with Crippen molar-refractivity contribution in [2.45, 2.75) is 12.5 Å². The standard InChI is InChI=1S/C9H10O3S/c10-13-11-7-6-9(12-13)8-4-2-1-3-5-8/h1-5,9H,6-7H2. The van der Waals surface area contributed by atoms with E-state index >= 15 is 0 Å². The fourth-order valence-electron chi connectivity index (χ4n) is 1.28. The lowest BCUT2D eigenvalue weighted by Gasteiger charge is -2.20. The van der Waals surface area contributed by atoms with Gasteiger partial charge in [0.1, 0.15) is 6.10 Å². The molecule has 1 aliphatic rings. The molecule has 3 nitrogen and oxygen atoms in total.